The van der Waals surface area contributed by atoms with Crippen molar-refractivity contribution in [1.29, 1.82) is 0 Å². The minimum absolute atomic E-state index is 0.00625. The first-order valence-electron chi connectivity index (χ1n) is 7.09. The summed E-state index contributed by atoms with van der Waals surface area (Å²) in [4.78, 5) is 12.0. The lowest BCUT2D eigenvalue weighted by atomic mass is 10.2. The van der Waals surface area contributed by atoms with Gasteiger partial charge in [-0.05, 0) is 55.0 Å². The minimum atomic E-state index is -3.65. The molecule has 0 saturated carbocycles. The van der Waals surface area contributed by atoms with Gasteiger partial charge in [0.05, 0.1) is 4.90 Å². The summed E-state index contributed by atoms with van der Waals surface area (Å²) in [5, 5.41) is 3.19. The lowest BCUT2D eigenvalue weighted by Gasteiger charge is -2.09. The maximum absolute atomic E-state index is 12.1. The second-order valence-electron chi connectivity index (χ2n) is 5.11. The van der Waals surface area contributed by atoms with E-state index in [1.54, 1.807) is 6.07 Å². The molecule has 1 amide bonds. The van der Waals surface area contributed by atoms with E-state index in [2.05, 4.69) is 26.0 Å². The fraction of sp³-hybridized carbons (Fsp3) is 0.188. The van der Waals surface area contributed by atoms with Gasteiger partial charge in [-0.2, -0.15) is 0 Å². The van der Waals surface area contributed by atoms with Crippen LogP contribution in [0, 0.1) is 6.92 Å². The Balaban J connectivity index is 1.87. The zero-order chi connectivity index (χ0) is 17.7. The third-order valence-corrected chi connectivity index (χ3v) is 5.83. The highest BCUT2D eigenvalue weighted by Crippen LogP contribution is 2.20. The van der Waals surface area contributed by atoms with Gasteiger partial charge in [0.1, 0.15) is 0 Å². The number of nitrogens with one attached hydrogen (secondary N) is 2. The summed E-state index contributed by atoms with van der Waals surface area (Å²) in [6.07, 6.45) is 0.0297. The van der Waals surface area contributed by atoms with Gasteiger partial charge in [0.15, 0.2) is 0 Å². The van der Waals surface area contributed by atoms with Crippen molar-refractivity contribution >= 4 is 49.1 Å². The molecule has 0 saturated heterocycles. The quantitative estimate of drug-likeness (QED) is 0.732. The zero-order valence-electron chi connectivity index (χ0n) is 12.8. The van der Waals surface area contributed by atoms with Gasteiger partial charge in [0.2, 0.25) is 15.9 Å². The van der Waals surface area contributed by atoms with Crippen LogP contribution >= 0.6 is 27.5 Å². The Bertz CT molecular complexity index is 839. The zero-order valence-corrected chi connectivity index (χ0v) is 16.0. The largest absolute Gasteiger partial charge is 0.326 e. The first kappa shape index (κ1) is 18.9. The van der Waals surface area contributed by atoms with E-state index in [4.69, 9.17) is 11.6 Å². The standard InChI is InChI=1S/C16H16BrClN2O3S/c1-11-10-13(4-7-15(11)17)20-16(21)8-9-19-24(22,23)14-5-2-12(18)3-6-14/h2-7,10,19H,8-9H2,1H3,(H,20,21). The average Bonchev–Trinajstić information content (AvgIpc) is 2.51. The average molecular weight is 432 g/mol. The topological polar surface area (TPSA) is 75.3 Å². The van der Waals surface area contributed by atoms with Crippen LogP contribution in [0.2, 0.25) is 5.02 Å². The molecule has 0 heterocycles. The van der Waals surface area contributed by atoms with E-state index in [-0.39, 0.29) is 23.8 Å². The summed E-state index contributed by atoms with van der Waals surface area (Å²) in [6.45, 7) is 1.92. The summed E-state index contributed by atoms with van der Waals surface area (Å²) in [6, 6.07) is 11.3. The molecule has 8 heteroatoms. The van der Waals surface area contributed by atoms with Crippen LogP contribution in [0.5, 0.6) is 0 Å². The van der Waals surface area contributed by atoms with Crippen LogP contribution in [-0.4, -0.2) is 20.9 Å². The number of amides is 1. The Morgan fingerprint density at radius 2 is 1.83 bits per heavy atom. The second-order valence-corrected chi connectivity index (χ2v) is 8.17. The molecule has 0 aliphatic heterocycles. The Morgan fingerprint density at radius 3 is 2.46 bits per heavy atom. The van der Waals surface area contributed by atoms with Gasteiger partial charge in [-0.1, -0.05) is 27.5 Å². The summed E-state index contributed by atoms with van der Waals surface area (Å²) >= 11 is 9.12. The minimum Gasteiger partial charge on any atom is -0.326 e. The molecule has 128 valence electrons. The van der Waals surface area contributed by atoms with E-state index in [0.29, 0.717) is 10.7 Å². The molecule has 0 bridgehead atoms. The van der Waals surface area contributed by atoms with Gasteiger partial charge >= 0.3 is 0 Å². The maximum Gasteiger partial charge on any atom is 0.240 e. The Hall–Kier alpha value is -1.41. The van der Waals surface area contributed by atoms with Crippen molar-refractivity contribution in [1.82, 2.24) is 4.72 Å². The molecule has 2 N–H and O–H groups in total. The first-order chi connectivity index (χ1) is 11.3. The SMILES string of the molecule is Cc1cc(NC(=O)CCNS(=O)(=O)c2ccc(Cl)cc2)ccc1Br. The molecule has 0 aliphatic carbocycles. The van der Waals surface area contributed by atoms with Gasteiger partial charge in [-0.3, -0.25) is 4.79 Å². The van der Waals surface area contributed by atoms with Crippen molar-refractivity contribution in [2.75, 3.05) is 11.9 Å². The Morgan fingerprint density at radius 1 is 1.17 bits per heavy atom. The molecule has 2 aromatic carbocycles. The summed E-state index contributed by atoms with van der Waals surface area (Å²) in [5.41, 5.74) is 1.66. The molecule has 0 atom stereocenters. The normalized spacial score (nSPS) is 11.3. The number of sulfonamides is 1. The van der Waals surface area contributed by atoms with E-state index in [9.17, 15) is 13.2 Å². The van der Waals surface area contributed by atoms with Gasteiger partial charge in [-0.25, -0.2) is 13.1 Å². The monoisotopic (exact) mass is 430 g/mol. The number of hydrogen-bond acceptors (Lipinski definition) is 3. The van der Waals surface area contributed by atoms with Gasteiger partial charge in [0, 0.05) is 28.1 Å². The van der Waals surface area contributed by atoms with Crippen LogP contribution in [-0.2, 0) is 14.8 Å². The highest BCUT2D eigenvalue weighted by molar-refractivity contribution is 9.10. The number of benzene rings is 2. The van der Waals surface area contributed by atoms with Crippen LogP contribution < -0.4 is 10.0 Å². The molecule has 0 aliphatic rings. The summed E-state index contributed by atoms with van der Waals surface area (Å²) in [5.74, 6) is -0.268. The molecular weight excluding hydrogens is 416 g/mol. The van der Waals surface area contributed by atoms with Crippen molar-refractivity contribution in [3.05, 3.63) is 57.5 Å². The fourth-order valence-corrected chi connectivity index (χ4v) is 3.35. The molecule has 2 aromatic rings. The number of halogens is 2. The molecule has 0 spiro atoms. The second kappa shape index (κ2) is 8.11. The third-order valence-electron chi connectivity index (χ3n) is 3.21. The van der Waals surface area contributed by atoms with Crippen LogP contribution in [0.1, 0.15) is 12.0 Å². The first-order valence-corrected chi connectivity index (χ1v) is 9.74. The molecule has 5 nitrogen and oxygen atoms in total. The lowest BCUT2D eigenvalue weighted by molar-refractivity contribution is -0.116. The van der Waals surface area contributed by atoms with Crippen LogP contribution in [0.3, 0.4) is 0 Å². The van der Waals surface area contributed by atoms with E-state index in [1.807, 2.05) is 19.1 Å². The van der Waals surface area contributed by atoms with E-state index in [0.717, 1.165) is 10.0 Å². The number of rotatable bonds is 6. The van der Waals surface area contributed by atoms with Gasteiger partial charge < -0.3 is 5.32 Å². The number of hydrogen-bond donors (Lipinski definition) is 2. The summed E-state index contributed by atoms with van der Waals surface area (Å²) < 4.78 is 27.5. The van der Waals surface area contributed by atoms with E-state index < -0.39 is 10.0 Å². The molecular formula is C16H16BrClN2O3S. The highest BCUT2D eigenvalue weighted by Gasteiger charge is 2.14. The number of aryl methyl sites for hydroxylation is 1. The lowest BCUT2D eigenvalue weighted by Crippen LogP contribution is -2.27. The Kier molecular flexibility index (Phi) is 6.40. The van der Waals surface area contributed by atoms with Gasteiger partial charge in [0.25, 0.3) is 0 Å². The maximum atomic E-state index is 12.1. The van der Waals surface area contributed by atoms with E-state index >= 15 is 0 Å². The van der Waals surface area contributed by atoms with Crippen molar-refractivity contribution in [2.45, 2.75) is 18.2 Å². The van der Waals surface area contributed by atoms with Crippen molar-refractivity contribution in [3.8, 4) is 0 Å². The molecule has 0 fully saturated rings. The molecule has 0 unspecified atom stereocenters. The van der Waals surface area contributed by atoms with Crippen molar-refractivity contribution in [2.24, 2.45) is 0 Å². The number of anilines is 1. The Labute approximate surface area is 154 Å². The molecule has 0 radical (unpaired) electrons. The highest BCUT2D eigenvalue weighted by atomic mass is 79.9. The molecule has 24 heavy (non-hydrogen) atoms. The van der Waals surface area contributed by atoms with Crippen LogP contribution in [0.25, 0.3) is 0 Å². The third kappa shape index (κ3) is 5.31. The predicted octanol–water partition coefficient (Wildman–Crippen LogP) is 3.72. The van der Waals surface area contributed by atoms with Crippen molar-refractivity contribution < 1.29 is 13.2 Å². The molecule has 2 rings (SSSR count). The number of carbonyl (C=O) groups is 1. The van der Waals surface area contributed by atoms with Crippen molar-refractivity contribution in [3.63, 3.8) is 0 Å². The fourth-order valence-electron chi connectivity index (χ4n) is 1.94. The predicted molar refractivity (Wildman–Crippen MR) is 98.8 cm³/mol. The van der Waals surface area contributed by atoms with Crippen LogP contribution in [0.4, 0.5) is 5.69 Å². The summed E-state index contributed by atoms with van der Waals surface area (Å²) in [7, 11) is -3.65. The number of carbonyl (C=O) groups excluding carboxylic acids is 1. The van der Waals surface area contributed by atoms with E-state index in [1.165, 1.54) is 24.3 Å². The van der Waals surface area contributed by atoms with Crippen LogP contribution in [0.15, 0.2) is 51.8 Å². The molecule has 0 aromatic heterocycles. The van der Waals surface area contributed by atoms with Gasteiger partial charge in [-0.15, -0.1) is 0 Å². The smallest absolute Gasteiger partial charge is 0.240 e.